The molecule has 0 radical (unpaired) electrons. The van der Waals surface area contributed by atoms with Gasteiger partial charge >= 0.3 is 5.97 Å². The van der Waals surface area contributed by atoms with Crippen LogP contribution in [0.4, 0.5) is 5.69 Å². The molecular weight excluding hydrogens is 378 g/mol. The van der Waals surface area contributed by atoms with E-state index < -0.39 is 28.3 Å². The smallest absolute Gasteiger partial charge is 0.339 e. The Morgan fingerprint density at radius 1 is 1.04 bits per heavy atom. The molecule has 2 aromatic carbocycles. The van der Waals surface area contributed by atoms with Crippen LogP contribution in [0.15, 0.2) is 53.4 Å². The lowest BCUT2D eigenvalue weighted by Crippen LogP contribution is -2.22. The lowest BCUT2D eigenvalue weighted by atomic mass is 9.99. The van der Waals surface area contributed by atoms with E-state index in [0.29, 0.717) is 11.6 Å². The molecule has 150 valence electrons. The van der Waals surface area contributed by atoms with E-state index in [1.807, 2.05) is 12.1 Å². The Balaban J connectivity index is 1.99. The highest BCUT2D eigenvalue weighted by atomic mass is 32.2. The Morgan fingerprint density at radius 2 is 1.68 bits per heavy atom. The van der Waals surface area contributed by atoms with Gasteiger partial charge in [-0.3, -0.25) is 4.79 Å². The molecule has 0 aromatic heterocycles. The maximum atomic E-state index is 12.3. The van der Waals surface area contributed by atoms with Crippen molar-refractivity contribution >= 4 is 27.4 Å². The molecule has 7 heteroatoms. The van der Waals surface area contributed by atoms with Crippen LogP contribution in [-0.4, -0.2) is 32.7 Å². The topological polar surface area (TPSA) is 89.5 Å². The predicted molar refractivity (Wildman–Crippen MR) is 108 cm³/mol. The van der Waals surface area contributed by atoms with E-state index in [9.17, 15) is 18.0 Å². The van der Waals surface area contributed by atoms with Crippen molar-refractivity contribution in [1.29, 1.82) is 0 Å². The second-order valence-corrected chi connectivity index (χ2v) is 8.70. The fourth-order valence-electron chi connectivity index (χ4n) is 2.60. The summed E-state index contributed by atoms with van der Waals surface area (Å²) in [5.41, 5.74) is 1.71. The molecule has 2 rings (SSSR count). The van der Waals surface area contributed by atoms with Gasteiger partial charge in [-0.05, 0) is 42.2 Å². The normalized spacial score (nSPS) is 12.2. The average Bonchev–Trinajstić information content (AvgIpc) is 2.72. The van der Waals surface area contributed by atoms with Crippen molar-refractivity contribution in [2.75, 3.05) is 17.7 Å². The minimum Gasteiger partial charge on any atom is -0.452 e. The van der Waals surface area contributed by atoms with Crippen LogP contribution in [0.1, 0.15) is 49.0 Å². The number of carbonyl (C=O) groups excluding carboxylic acids is 2. The van der Waals surface area contributed by atoms with Crippen molar-refractivity contribution in [3.05, 3.63) is 59.7 Å². The van der Waals surface area contributed by atoms with Crippen molar-refractivity contribution in [2.45, 2.75) is 38.0 Å². The first-order valence-electron chi connectivity index (χ1n) is 9.17. The average molecular weight is 404 g/mol. The van der Waals surface area contributed by atoms with E-state index in [1.54, 1.807) is 18.2 Å². The second-order valence-electron chi connectivity index (χ2n) is 6.46. The highest BCUT2D eigenvalue weighted by Gasteiger charge is 2.22. The SMILES string of the molecule is CC[C@@H](C)c1ccc(NC(=O)COC(=O)c2ccccc2S(=O)(=O)CC)cc1. The fraction of sp³-hybridized carbons (Fsp3) is 0.333. The van der Waals surface area contributed by atoms with Gasteiger partial charge in [-0.2, -0.15) is 0 Å². The number of hydrogen-bond donors (Lipinski definition) is 1. The third-order valence-corrected chi connectivity index (χ3v) is 6.32. The molecule has 1 amide bonds. The van der Waals surface area contributed by atoms with Crippen LogP contribution in [0.2, 0.25) is 0 Å². The van der Waals surface area contributed by atoms with Gasteiger partial charge in [0.05, 0.1) is 16.2 Å². The number of ether oxygens (including phenoxy) is 1. The summed E-state index contributed by atoms with van der Waals surface area (Å²) in [6.07, 6.45) is 1.02. The molecule has 0 saturated carbocycles. The maximum absolute atomic E-state index is 12.3. The lowest BCUT2D eigenvalue weighted by molar-refractivity contribution is -0.119. The van der Waals surface area contributed by atoms with Crippen molar-refractivity contribution in [3.8, 4) is 0 Å². The molecule has 0 heterocycles. The van der Waals surface area contributed by atoms with E-state index in [1.165, 1.54) is 30.7 Å². The van der Waals surface area contributed by atoms with Gasteiger partial charge in [0, 0.05) is 5.69 Å². The zero-order valence-corrected chi connectivity index (χ0v) is 17.1. The van der Waals surface area contributed by atoms with Crippen LogP contribution in [0.3, 0.4) is 0 Å². The summed E-state index contributed by atoms with van der Waals surface area (Å²) in [4.78, 5) is 24.2. The minimum atomic E-state index is -3.58. The summed E-state index contributed by atoms with van der Waals surface area (Å²) in [5.74, 6) is -1.05. The van der Waals surface area contributed by atoms with Crippen LogP contribution in [0.25, 0.3) is 0 Å². The zero-order valence-electron chi connectivity index (χ0n) is 16.3. The van der Waals surface area contributed by atoms with E-state index in [2.05, 4.69) is 19.2 Å². The van der Waals surface area contributed by atoms with Crippen LogP contribution in [-0.2, 0) is 19.4 Å². The number of esters is 1. The molecule has 2 aromatic rings. The van der Waals surface area contributed by atoms with Crippen LogP contribution >= 0.6 is 0 Å². The summed E-state index contributed by atoms with van der Waals surface area (Å²) < 4.78 is 29.2. The van der Waals surface area contributed by atoms with Crippen molar-refractivity contribution < 1.29 is 22.7 Å². The predicted octanol–water partition coefficient (Wildman–Crippen LogP) is 3.79. The number of amides is 1. The molecule has 0 aliphatic heterocycles. The number of nitrogens with one attached hydrogen (secondary N) is 1. The molecule has 0 fully saturated rings. The maximum Gasteiger partial charge on any atom is 0.339 e. The number of benzene rings is 2. The molecule has 0 aliphatic rings. The number of sulfone groups is 1. The molecule has 28 heavy (non-hydrogen) atoms. The lowest BCUT2D eigenvalue weighted by Gasteiger charge is -2.11. The van der Waals surface area contributed by atoms with Gasteiger partial charge in [-0.1, -0.05) is 45.0 Å². The number of hydrogen-bond acceptors (Lipinski definition) is 5. The van der Waals surface area contributed by atoms with Gasteiger partial charge in [-0.25, -0.2) is 13.2 Å². The highest BCUT2D eigenvalue weighted by Crippen LogP contribution is 2.21. The first-order chi connectivity index (χ1) is 13.3. The van der Waals surface area contributed by atoms with E-state index >= 15 is 0 Å². The van der Waals surface area contributed by atoms with Crippen molar-refractivity contribution in [1.82, 2.24) is 0 Å². The van der Waals surface area contributed by atoms with Gasteiger partial charge in [0.2, 0.25) is 0 Å². The van der Waals surface area contributed by atoms with Crippen LogP contribution in [0.5, 0.6) is 0 Å². The number of rotatable bonds is 8. The monoisotopic (exact) mass is 403 g/mol. The Bertz CT molecular complexity index is 936. The Hall–Kier alpha value is -2.67. The van der Waals surface area contributed by atoms with Gasteiger partial charge in [0.25, 0.3) is 5.91 Å². The van der Waals surface area contributed by atoms with E-state index in [-0.39, 0.29) is 16.2 Å². The molecule has 1 N–H and O–H groups in total. The quantitative estimate of drug-likeness (QED) is 0.678. The zero-order chi connectivity index (χ0) is 20.7. The van der Waals surface area contributed by atoms with Gasteiger partial charge in [0.1, 0.15) is 0 Å². The number of anilines is 1. The molecule has 0 saturated heterocycles. The molecule has 0 bridgehead atoms. The summed E-state index contributed by atoms with van der Waals surface area (Å²) in [6, 6.07) is 13.3. The number of carbonyl (C=O) groups is 2. The van der Waals surface area contributed by atoms with Gasteiger partial charge in [0.15, 0.2) is 16.4 Å². The summed E-state index contributed by atoms with van der Waals surface area (Å²) in [6.45, 7) is 5.23. The van der Waals surface area contributed by atoms with Gasteiger partial charge < -0.3 is 10.1 Å². The minimum absolute atomic E-state index is 0.0740. The Kier molecular flexibility index (Phi) is 7.34. The van der Waals surface area contributed by atoms with Crippen LogP contribution < -0.4 is 5.32 Å². The summed E-state index contributed by atoms with van der Waals surface area (Å²) in [5, 5.41) is 2.65. The van der Waals surface area contributed by atoms with E-state index in [4.69, 9.17) is 4.74 Å². The molecule has 0 spiro atoms. The first-order valence-corrected chi connectivity index (χ1v) is 10.8. The first kappa shape index (κ1) is 21.6. The third kappa shape index (κ3) is 5.42. The summed E-state index contributed by atoms with van der Waals surface area (Å²) >= 11 is 0. The molecule has 6 nitrogen and oxygen atoms in total. The Labute approximate surface area is 165 Å². The molecule has 0 aliphatic carbocycles. The second kappa shape index (κ2) is 9.50. The largest absolute Gasteiger partial charge is 0.452 e. The fourth-order valence-corrected chi connectivity index (χ4v) is 3.68. The molecule has 1 atom stereocenters. The standard InChI is InChI=1S/C21H25NO5S/c1-4-15(3)16-10-12-17(13-11-16)22-20(23)14-27-21(24)18-8-6-7-9-19(18)28(25,26)5-2/h6-13,15H,4-5,14H2,1-3H3,(H,22,23)/t15-/m1/s1. The molecule has 0 unspecified atom stereocenters. The van der Waals surface area contributed by atoms with Crippen LogP contribution in [0, 0.1) is 0 Å². The van der Waals surface area contributed by atoms with E-state index in [0.717, 1.165) is 6.42 Å². The summed E-state index contributed by atoms with van der Waals surface area (Å²) in [7, 11) is -3.58. The van der Waals surface area contributed by atoms with Crippen molar-refractivity contribution in [2.24, 2.45) is 0 Å². The van der Waals surface area contributed by atoms with Gasteiger partial charge in [-0.15, -0.1) is 0 Å². The highest BCUT2D eigenvalue weighted by molar-refractivity contribution is 7.91. The Morgan fingerprint density at radius 3 is 2.29 bits per heavy atom. The van der Waals surface area contributed by atoms with Crippen molar-refractivity contribution in [3.63, 3.8) is 0 Å². The molecular formula is C21H25NO5S. The third-order valence-electron chi connectivity index (χ3n) is 4.53.